The van der Waals surface area contributed by atoms with E-state index in [2.05, 4.69) is 22.0 Å². The SMILES string of the molecule is O=C1CCC(N2Cc3ccc(CNC4C[C@H]5CNCC[C@H]5C4)cc3C2=O)C(=O)N1. The van der Waals surface area contributed by atoms with Gasteiger partial charge in [0.15, 0.2) is 0 Å². The fourth-order valence-electron chi connectivity index (χ4n) is 5.53. The molecule has 0 bridgehead atoms. The molecule has 3 heterocycles. The third-order valence-corrected chi connectivity index (χ3v) is 7.13. The summed E-state index contributed by atoms with van der Waals surface area (Å²) in [6.45, 7) is 3.49. The van der Waals surface area contributed by atoms with E-state index < -0.39 is 6.04 Å². The van der Waals surface area contributed by atoms with Gasteiger partial charge in [0.05, 0.1) is 0 Å². The largest absolute Gasteiger partial charge is 0.322 e. The molecule has 1 aliphatic carbocycles. The minimum atomic E-state index is -0.551. The lowest BCUT2D eigenvalue weighted by Crippen LogP contribution is -2.52. The first-order valence-electron chi connectivity index (χ1n) is 10.8. The maximum absolute atomic E-state index is 12.9. The molecule has 3 amide bonds. The maximum Gasteiger partial charge on any atom is 0.255 e. The Hall–Kier alpha value is -2.25. The molecule has 3 N–H and O–H groups in total. The Balaban J connectivity index is 1.22. The molecule has 2 saturated heterocycles. The highest BCUT2D eigenvalue weighted by atomic mass is 16.2. The molecule has 1 aromatic rings. The van der Waals surface area contributed by atoms with Crippen LogP contribution in [-0.4, -0.2) is 47.8 Å². The summed E-state index contributed by atoms with van der Waals surface area (Å²) in [5, 5.41) is 9.55. The number of nitrogens with zero attached hydrogens (tertiary/aromatic N) is 1. The van der Waals surface area contributed by atoms with Crippen LogP contribution in [-0.2, 0) is 22.7 Å². The van der Waals surface area contributed by atoms with Crippen molar-refractivity contribution in [2.75, 3.05) is 13.1 Å². The van der Waals surface area contributed by atoms with Gasteiger partial charge in [0.2, 0.25) is 11.8 Å². The highest BCUT2D eigenvalue weighted by Gasteiger charge is 2.39. The van der Waals surface area contributed by atoms with Gasteiger partial charge in [-0.1, -0.05) is 12.1 Å². The average Bonchev–Trinajstić information content (AvgIpc) is 3.27. The molecule has 5 rings (SSSR count). The van der Waals surface area contributed by atoms with Crippen LogP contribution in [0.5, 0.6) is 0 Å². The van der Waals surface area contributed by atoms with Gasteiger partial charge in [-0.2, -0.15) is 0 Å². The minimum Gasteiger partial charge on any atom is -0.322 e. The van der Waals surface area contributed by atoms with E-state index in [9.17, 15) is 14.4 Å². The molecule has 154 valence electrons. The van der Waals surface area contributed by atoms with Gasteiger partial charge in [0.1, 0.15) is 6.04 Å². The monoisotopic (exact) mass is 396 g/mol. The van der Waals surface area contributed by atoms with Crippen LogP contribution in [0.4, 0.5) is 0 Å². The van der Waals surface area contributed by atoms with E-state index in [0.717, 1.165) is 42.6 Å². The fourth-order valence-corrected chi connectivity index (χ4v) is 5.53. The second-order valence-electron chi connectivity index (χ2n) is 8.95. The quantitative estimate of drug-likeness (QED) is 0.659. The van der Waals surface area contributed by atoms with Crippen molar-refractivity contribution in [2.45, 2.75) is 57.3 Å². The summed E-state index contributed by atoms with van der Waals surface area (Å²) in [4.78, 5) is 38.1. The van der Waals surface area contributed by atoms with Crippen molar-refractivity contribution < 1.29 is 14.4 Å². The Morgan fingerprint density at radius 1 is 1.10 bits per heavy atom. The van der Waals surface area contributed by atoms with Gasteiger partial charge in [-0.25, -0.2) is 0 Å². The van der Waals surface area contributed by atoms with Crippen molar-refractivity contribution in [3.8, 4) is 0 Å². The van der Waals surface area contributed by atoms with Crippen molar-refractivity contribution in [3.05, 3.63) is 34.9 Å². The Morgan fingerprint density at radius 3 is 2.79 bits per heavy atom. The van der Waals surface area contributed by atoms with Crippen LogP contribution in [0, 0.1) is 11.8 Å². The van der Waals surface area contributed by atoms with E-state index in [-0.39, 0.29) is 24.1 Å². The number of imide groups is 1. The van der Waals surface area contributed by atoms with Crippen LogP contribution >= 0.6 is 0 Å². The van der Waals surface area contributed by atoms with Crippen LogP contribution in [0.15, 0.2) is 18.2 Å². The molecule has 0 spiro atoms. The summed E-state index contributed by atoms with van der Waals surface area (Å²) < 4.78 is 0. The number of rotatable bonds is 4. The molecule has 3 fully saturated rings. The van der Waals surface area contributed by atoms with Crippen LogP contribution in [0.1, 0.15) is 53.6 Å². The van der Waals surface area contributed by atoms with E-state index >= 15 is 0 Å². The highest BCUT2D eigenvalue weighted by molar-refractivity contribution is 6.05. The lowest BCUT2D eigenvalue weighted by molar-refractivity contribution is -0.136. The Bertz CT molecular complexity index is 840. The predicted molar refractivity (Wildman–Crippen MR) is 107 cm³/mol. The predicted octanol–water partition coefficient (Wildman–Crippen LogP) is 0.925. The Morgan fingerprint density at radius 2 is 1.97 bits per heavy atom. The first kappa shape index (κ1) is 18.8. The third kappa shape index (κ3) is 3.57. The molecule has 29 heavy (non-hydrogen) atoms. The summed E-state index contributed by atoms with van der Waals surface area (Å²) >= 11 is 0. The zero-order valence-corrected chi connectivity index (χ0v) is 16.6. The van der Waals surface area contributed by atoms with Gasteiger partial charge in [0.25, 0.3) is 5.91 Å². The standard InChI is InChI=1S/C22H28N4O3/c27-20-4-3-19(21(28)25-20)26-12-15-2-1-13(7-18(15)22(26)29)10-24-17-8-14-5-6-23-11-16(14)9-17/h1-2,7,14,16-17,19,23-24H,3-6,8-12H2,(H,25,27,28)/t14-,16-,17?,19?/m0/s1. The molecule has 4 atom stereocenters. The van der Waals surface area contributed by atoms with E-state index in [0.29, 0.717) is 24.6 Å². The van der Waals surface area contributed by atoms with E-state index in [1.807, 2.05) is 12.1 Å². The number of hydrogen-bond donors (Lipinski definition) is 3. The van der Waals surface area contributed by atoms with Crippen LogP contribution < -0.4 is 16.0 Å². The summed E-state index contributed by atoms with van der Waals surface area (Å²) in [5.41, 5.74) is 2.76. The highest BCUT2D eigenvalue weighted by Crippen LogP contribution is 2.36. The smallest absolute Gasteiger partial charge is 0.255 e. The molecular weight excluding hydrogens is 368 g/mol. The van der Waals surface area contributed by atoms with Crippen molar-refractivity contribution in [1.82, 2.24) is 20.9 Å². The number of benzene rings is 1. The Kier molecular flexibility index (Phi) is 4.87. The van der Waals surface area contributed by atoms with Gasteiger partial charge in [-0.05, 0) is 67.8 Å². The molecule has 4 aliphatic rings. The topological polar surface area (TPSA) is 90.5 Å². The molecule has 1 aromatic carbocycles. The molecule has 0 radical (unpaired) electrons. The fraction of sp³-hybridized carbons (Fsp3) is 0.591. The van der Waals surface area contributed by atoms with Crippen LogP contribution in [0.2, 0.25) is 0 Å². The number of fused-ring (bicyclic) bond motifs is 2. The van der Waals surface area contributed by atoms with Crippen molar-refractivity contribution in [1.29, 1.82) is 0 Å². The summed E-state index contributed by atoms with van der Waals surface area (Å²) in [7, 11) is 0. The number of hydrogen-bond acceptors (Lipinski definition) is 5. The molecule has 7 heteroatoms. The second-order valence-corrected chi connectivity index (χ2v) is 8.95. The number of amides is 3. The lowest BCUT2D eigenvalue weighted by atomic mass is 9.90. The molecule has 0 aromatic heterocycles. The first-order chi connectivity index (χ1) is 14.1. The van der Waals surface area contributed by atoms with Gasteiger partial charge >= 0.3 is 0 Å². The normalized spacial score (nSPS) is 31.6. The molecule has 2 unspecified atom stereocenters. The number of carbonyl (C=O) groups is 3. The lowest BCUT2D eigenvalue weighted by Gasteiger charge is -2.29. The zero-order valence-electron chi connectivity index (χ0n) is 16.6. The molecule has 3 aliphatic heterocycles. The summed E-state index contributed by atoms with van der Waals surface area (Å²) in [5.74, 6) is 0.921. The van der Waals surface area contributed by atoms with Gasteiger partial charge in [0, 0.05) is 31.1 Å². The van der Waals surface area contributed by atoms with Gasteiger partial charge in [-0.15, -0.1) is 0 Å². The average molecular weight is 396 g/mol. The number of piperidine rings is 2. The summed E-state index contributed by atoms with van der Waals surface area (Å²) in [6, 6.07) is 6.06. The second kappa shape index (κ2) is 7.54. The Labute approximate surface area is 170 Å². The van der Waals surface area contributed by atoms with Gasteiger partial charge < -0.3 is 15.5 Å². The maximum atomic E-state index is 12.9. The van der Waals surface area contributed by atoms with Crippen LogP contribution in [0.25, 0.3) is 0 Å². The zero-order chi connectivity index (χ0) is 20.0. The number of nitrogens with one attached hydrogen (secondary N) is 3. The van der Waals surface area contributed by atoms with Gasteiger partial charge in [-0.3, -0.25) is 19.7 Å². The van der Waals surface area contributed by atoms with Crippen molar-refractivity contribution >= 4 is 17.7 Å². The third-order valence-electron chi connectivity index (χ3n) is 7.13. The first-order valence-corrected chi connectivity index (χ1v) is 10.8. The summed E-state index contributed by atoms with van der Waals surface area (Å²) in [6.07, 6.45) is 4.44. The van der Waals surface area contributed by atoms with E-state index in [1.54, 1.807) is 4.90 Å². The van der Waals surface area contributed by atoms with Crippen LogP contribution in [0.3, 0.4) is 0 Å². The number of carbonyl (C=O) groups excluding carboxylic acids is 3. The van der Waals surface area contributed by atoms with E-state index in [4.69, 9.17) is 0 Å². The van der Waals surface area contributed by atoms with Crippen molar-refractivity contribution in [2.24, 2.45) is 11.8 Å². The molecule has 1 saturated carbocycles. The van der Waals surface area contributed by atoms with Crippen molar-refractivity contribution in [3.63, 3.8) is 0 Å². The molecule has 7 nitrogen and oxygen atoms in total. The molecular formula is C22H28N4O3. The minimum absolute atomic E-state index is 0.102. The van der Waals surface area contributed by atoms with E-state index in [1.165, 1.54) is 19.3 Å².